The summed E-state index contributed by atoms with van der Waals surface area (Å²) in [7, 11) is 1.96. The highest BCUT2D eigenvalue weighted by molar-refractivity contribution is 6.31. The first-order valence-electron chi connectivity index (χ1n) is 8.55. The molecule has 8 heteroatoms. The van der Waals surface area contributed by atoms with E-state index in [1.165, 1.54) is 12.0 Å². The van der Waals surface area contributed by atoms with Crippen LogP contribution in [0.15, 0.2) is 43.1 Å². The van der Waals surface area contributed by atoms with Crippen LogP contribution in [0.4, 0.5) is 0 Å². The number of rotatable bonds is 3. The van der Waals surface area contributed by atoms with Gasteiger partial charge in [-0.3, -0.25) is 9.48 Å². The fourth-order valence-electron chi connectivity index (χ4n) is 3.55. The molecule has 1 aliphatic heterocycles. The van der Waals surface area contributed by atoms with Crippen LogP contribution in [-0.2, 0) is 7.05 Å². The Balaban J connectivity index is 1.54. The smallest absolute Gasteiger partial charge is 0.256 e. The normalized spacial score (nSPS) is 15.4. The Hall–Kier alpha value is -2.67. The summed E-state index contributed by atoms with van der Waals surface area (Å²) in [5.41, 5.74) is 2.45. The zero-order chi connectivity index (χ0) is 18.1. The highest BCUT2D eigenvalue weighted by atomic mass is 35.5. The molecule has 0 bridgehead atoms. The molecule has 0 spiro atoms. The lowest BCUT2D eigenvalue weighted by atomic mass is 9.93. The molecule has 3 aromatic rings. The van der Waals surface area contributed by atoms with Crippen LogP contribution >= 0.6 is 11.6 Å². The summed E-state index contributed by atoms with van der Waals surface area (Å²) in [6.07, 6.45) is 6.69. The minimum Gasteiger partial charge on any atom is -0.339 e. The molecule has 0 saturated carbocycles. The van der Waals surface area contributed by atoms with E-state index in [1.54, 1.807) is 29.2 Å². The van der Waals surface area contributed by atoms with E-state index in [2.05, 4.69) is 21.2 Å². The number of amides is 1. The predicted octanol–water partition coefficient (Wildman–Crippen LogP) is 2.67. The Labute approximate surface area is 156 Å². The van der Waals surface area contributed by atoms with Crippen molar-refractivity contribution in [2.45, 2.75) is 18.8 Å². The van der Waals surface area contributed by atoms with Crippen LogP contribution in [-0.4, -0.2) is 48.4 Å². The van der Waals surface area contributed by atoms with E-state index in [9.17, 15) is 4.79 Å². The van der Waals surface area contributed by atoms with Gasteiger partial charge < -0.3 is 4.90 Å². The summed E-state index contributed by atoms with van der Waals surface area (Å²) in [6, 6.07) is 7.31. The average molecular weight is 371 g/mol. The van der Waals surface area contributed by atoms with Crippen molar-refractivity contribution in [2.75, 3.05) is 13.1 Å². The number of hydrogen-bond acceptors (Lipinski definition) is 4. The average Bonchev–Trinajstić information content (AvgIpc) is 3.33. The quantitative estimate of drug-likeness (QED) is 0.710. The van der Waals surface area contributed by atoms with Crippen LogP contribution in [0.5, 0.6) is 0 Å². The molecule has 7 nitrogen and oxygen atoms in total. The third-order valence-corrected chi connectivity index (χ3v) is 5.15. The Bertz CT molecular complexity index is 912. The van der Waals surface area contributed by atoms with Crippen molar-refractivity contribution in [3.63, 3.8) is 0 Å². The summed E-state index contributed by atoms with van der Waals surface area (Å²) in [5.74, 6) is 0.405. The van der Waals surface area contributed by atoms with Gasteiger partial charge in [-0.2, -0.15) is 10.2 Å². The highest BCUT2D eigenvalue weighted by Gasteiger charge is 2.27. The molecular formula is C18H19ClN6O. The van der Waals surface area contributed by atoms with Crippen molar-refractivity contribution in [3.8, 4) is 5.69 Å². The number of piperidine rings is 1. The number of aromatic nitrogens is 5. The van der Waals surface area contributed by atoms with Crippen LogP contribution in [0.2, 0.25) is 5.02 Å². The van der Waals surface area contributed by atoms with Crippen LogP contribution in [0.3, 0.4) is 0 Å². The highest BCUT2D eigenvalue weighted by Crippen LogP contribution is 2.29. The molecule has 1 aliphatic rings. The number of aryl methyl sites for hydroxylation is 1. The lowest BCUT2D eigenvalue weighted by molar-refractivity contribution is 0.0711. The maximum Gasteiger partial charge on any atom is 0.256 e. The molecule has 2 aromatic heterocycles. The van der Waals surface area contributed by atoms with Gasteiger partial charge in [0.25, 0.3) is 5.91 Å². The largest absolute Gasteiger partial charge is 0.339 e. The SMILES string of the molecule is Cn1nccc1C1CCN(C(=O)c2cc(Cl)ccc2-n2cncn2)CC1. The first kappa shape index (κ1) is 16.8. The van der Waals surface area contributed by atoms with E-state index in [0.29, 0.717) is 35.3 Å². The molecule has 26 heavy (non-hydrogen) atoms. The van der Waals surface area contributed by atoms with Crippen molar-refractivity contribution in [3.05, 3.63) is 59.4 Å². The standard InChI is InChI=1S/C18H19ClN6O/c1-23-16(4-7-21-23)13-5-8-24(9-6-13)18(26)15-10-14(19)2-3-17(15)25-12-20-11-22-25/h2-4,7,10-13H,5-6,8-9H2,1H3. The number of carbonyl (C=O) groups excluding carboxylic acids is 1. The molecule has 0 aliphatic carbocycles. The summed E-state index contributed by atoms with van der Waals surface area (Å²) in [5, 5.41) is 8.92. The Morgan fingerprint density at radius 1 is 1.19 bits per heavy atom. The van der Waals surface area contributed by atoms with Crippen molar-refractivity contribution in [1.82, 2.24) is 29.4 Å². The van der Waals surface area contributed by atoms with E-state index < -0.39 is 0 Å². The second kappa shape index (κ2) is 6.92. The van der Waals surface area contributed by atoms with Gasteiger partial charge in [-0.1, -0.05) is 11.6 Å². The molecule has 1 aromatic carbocycles. The molecule has 0 N–H and O–H groups in total. The molecule has 0 unspecified atom stereocenters. The van der Waals surface area contributed by atoms with Gasteiger partial charge in [-0.25, -0.2) is 9.67 Å². The Morgan fingerprint density at radius 3 is 2.65 bits per heavy atom. The zero-order valence-electron chi connectivity index (χ0n) is 14.4. The van der Waals surface area contributed by atoms with E-state index in [-0.39, 0.29) is 5.91 Å². The van der Waals surface area contributed by atoms with E-state index in [0.717, 1.165) is 12.8 Å². The topological polar surface area (TPSA) is 68.8 Å². The molecule has 1 saturated heterocycles. The van der Waals surface area contributed by atoms with Crippen LogP contribution in [0, 0.1) is 0 Å². The van der Waals surface area contributed by atoms with Crippen LogP contribution < -0.4 is 0 Å². The minimum absolute atomic E-state index is 0.0264. The lowest BCUT2D eigenvalue weighted by Gasteiger charge is -2.32. The van der Waals surface area contributed by atoms with Gasteiger partial charge in [-0.15, -0.1) is 0 Å². The van der Waals surface area contributed by atoms with Gasteiger partial charge in [-0.05, 0) is 37.1 Å². The van der Waals surface area contributed by atoms with Crippen molar-refractivity contribution < 1.29 is 4.79 Å². The van der Waals surface area contributed by atoms with Gasteiger partial charge in [0.15, 0.2) is 0 Å². The summed E-state index contributed by atoms with van der Waals surface area (Å²) in [4.78, 5) is 19.0. The van der Waals surface area contributed by atoms with Gasteiger partial charge in [0.1, 0.15) is 12.7 Å². The first-order chi connectivity index (χ1) is 12.6. The maximum absolute atomic E-state index is 13.1. The van der Waals surface area contributed by atoms with Gasteiger partial charge in [0.2, 0.25) is 0 Å². The third-order valence-electron chi connectivity index (χ3n) is 4.91. The second-order valence-electron chi connectivity index (χ2n) is 6.45. The lowest BCUT2D eigenvalue weighted by Crippen LogP contribution is -2.38. The molecule has 134 valence electrons. The number of likely N-dealkylation sites (tertiary alicyclic amines) is 1. The number of halogens is 1. The third kappa shape index (κ3) is 3.10. The molecule has 0 radical (unpaired) electrons. The van der Waals surface area contributed by atoms with Crippen LogP contribution in [0.25, 0.3) is 5.69 Å². The Morgan fingerprint density at radius 2 is 2.00 bits per heavy atom. The first-order valence-corrected chi connectivity index (χ1v) is 8.93. The monoisotopic (exact) mass is 370 g/mol. The van der Waals surface area contributed by atoms with Gasteiger partial charge >= 0.3 is 0 Å². The van der Waals surface area contributed by atoms with Gasteiger partial charge in [0, 0.05) is 43.0 Å². The molecule has 1 fully saturated rings. The number of nitrogens with zero attached hydrogens (tertiary/aromatic N) is 6. The molecule has 1 amide bonds. The molecule has 3 heterocycles. The summed E-state index contributed by atoms with van der Waals surface area (Å²) < 4.78 is 3.51. The predicted molar refractivity (Wildman–Crippen MR) is 97.5 cm³/mol. The zero-order valence-corrected chi connectivity index (χ0v) is 15.2. The fraction of sp³-hybridized carbons (Fsp3) is 0.333. The molecular weight excluding hydrogens is 352 g/mol. The summed E-state index contributed by atoms with van der Waals surface area (Å²) in [6.45, 7) is 1.41. The maximum atomic E-state index is 13.1. The van der Waals surface area contributed by atoms with Crippen LogP contribution in [0.1, 0.15) is 34.8 Å². The fourth-order valence-corrected chi connectivity index (χ4v) is 3.72. The minimum atomic E-state index is -0.0264. The van der Waals surface area contributed by atoms with E-state index in [4.69, 9.17) is 11.6 Å². The molecule has 0 atom stereocenters. The Kier molecular flexibility index (Phi) is 4.46. The number of benzene rings is 1. The molecule has 4 rings (SSSR count). The van der Waals surface area contributed by atoms with Crippen molar-refractivity contribution in [2.24, 2.45) is 7.05 Å². The second-order valence-corrected chi connectivity index (χ2v) is 6.88. The van der Waals surface area contributed by atoms with E-state index in [1.807, 2.05) is 22.8 Å². The number of carbonyl (C=O) groups is 1. The van der Waals surface area contributed by atoms with Gasteiger partial charge in [0.05, 0.1) is 11.3 Å². The van der Waals surface area contributed by atoms with Crippen molar-refractivity contribution in [1.29, 1.82) is 0 Å². The number of hydrogen-bond donors (Lipinski definition) is 0. The summed E-state index contributed by atoms with van der Waals surface area (Å²) >= 11 is 6.14. The van der Waals surface area contributed by atoms with Crippen molar-refractivity contribution >= 4 is 17.5 Å². The van der Waals surface area contributed by atoms with E-state index >= 15 is 0 Å².